The normalized spacial score (nSPS) is 12.0. The molecule has 1 rings (SSSR count). The molecule has 24 heavy (non-hydrogen) atoms. The van der Waals surface area contributed by atoms with Crippen LogP contribution in [-0.2, 0) is 16.0 Å². The number of amides is 1. The third-order valence-corrected chi connectivity index (χ3v) is 3.15. The van der Waals surface area contributed by atoms with Gasteiger partial charge in [-0.3, -0.25) is 9.59 Å². The summed E-state index contributed by atoms with van der Waals surface area (Å²) < 4.78 is 5.38. The zero-order valence-electron chi connectivity index (χ0n) is 15.4. The van der Waals surface area contributed by atoms with E-state index in [9.17, 15) is 14.7 Å². The van der Waals surface area contributed by atoms with E-state index in [0.29, 0.717) is 23.6 Å². The molecule has 134 valence electrons. The zero-order chi connectivity index (χ0) is 18.5. The highest BCUT2D eigenvalue weighted by atomic mass is 16.5. The second-order valence-electron chi connectivity index (χ2n) is 8.07. The fourth-order valence-corrected chi connectivity index (χ4v) is 1.86. The summed E-state index contributed by atoms with van der Waals surface area (Å²) in [6, 6.07) is 1.62. The van der Waals surface area contributed by atoms with Gasteiger partial charge in [0.2, 0.25) is 5.91 Å². The lowest BCUT2D eigenvalue weighted by molar-refractivity contribution is -0.136. The minimum atomic E-state index is -0.545. The number of carbonyl (C=O) groups is 2. The molecule has 6 heteroatoms. The number of aliphatic hydroxyl groups excluding tert-OH is 1. The summed E-state index contributed by atoms with van der Waals surface area (Å²) in [6.45, 7) is 11.2. The average molecular weight is 336 g/mol. The minimum Gasteiger partial charge on any atom is -0.425 e. The number of ether oxygens (including phenoxy) is 1. The summed E-state index contributed by atoms with van der Waals surface area (Å²) in [5.74, 6) is 0.165. The molecule has 0 aliphatic heterocycles. The van der Waals surface area contributed by atoms with Crippen molar-refractivity contribution in [2.75, 3.05) is 11.9 Å². The lowest BCUT2D eigenvalue weighted by Crippen LogP contribution is -2.28. The highest BCUT2D eigenvalue weighted by Gasteiger charge is 2.23. The SMILES string of the molecule is CC(C)(C)CC(=O)Oc1cnc(NC(=O)C(C)(C)C)cc1CCO. The summed E-state index contributed by atoms with van der Waals surface area (Å²) >= 11 is 0. The first-order valence-corrected chi connectivity index (χ1v) is 8.04. The number of anilines is 1. The standard InChI is InChI=1S/C18H28N2O4/c1-17(2,3)10-15(22)24-13-11-19-14(9-12(13)7-8-21)20-16(23)18(4,5)6/h9,11,21H,7-8,10H2,1-6H3,(H,19,20,23). The maximum Gasteiger partial charge on any atom is 0.311 e. The number of esters is 1. The van der Waals surface area contributed by atoms with Crippen LogP contribution in [0.15, 0.2) is 12.3 Å². The summed E-state index contributed by atoms with van der Waals surface area (Å²) in [5.41, 5.74) is -0.0992. The van der Waals surface area contributed by atoms with Crippen LogP contribution < -0.4 is 10.1 Å². The van der Waals surface area contributed by atoms with E-state index in [1.807, 2.05) is 20.8 Å². The van der Waals surface area contributed by atoms with Crippen molar-refractivity contribution in [3.63, 3.8) is 0 Å². The molecule has 0 aliphatic rings. The maximum atomic E-state index is 12.0. The molecular formula is C18H28N2O4. The van der Waals surface area contributed by atoms with Gasteiger partial charge in [-0.05, 0) is 17.9 Å². The summed E-state index contributed by atoms with van der Waals surface area (Å²) in [7, 11) is 0. The second kappa shape index (κ2) is 7.75. The number of aromatic nitrogens is 1. The van der Waals surface area contributed by atoms with Crippen LogP contribution in [0.5, 0.6) is 5.75 Å². The number of pyridine rings is 1. The van der Waals surface area contributed by atoms with Crippen molar-refractivity contribution in [3.8, 4) is 5.75 Å². The molecule has 0 unspecified atom stereocenters. The van der Waals surface area contributed by atoms with Crippen LogP contribution in [0, 0.1) is 10.8 Å². The van der Waals surface area contributed by atoms with Crippen LogP contribution in [-0.4, -0.2) is 28.6 Å². The Kier molecular flexibility index (Phi) is 6.49. The van der Waals surface area contributed by atoms with Gasteiger partial charge in [0.05, 0.1) is 12.6 Å². The van der Waals surface area contributed by atoms with Crippen LogP contribution in [0.3, 0.4) is 0 Å². The molecule has 0 aliphatic carbocycles. The molecule has 1 heterocycles. The lowest BCUT2D eigenvalue weighted by Gasteiger charge is -2.19. The maximum absolute atomic E-state index is 12.0. The van der Waals surface area contributed by atoms with E-state index in [1.165, 1.54) is 6.20 Å². The summed E-state index contributed by atoms with van der Waals surface area (Å²) in [5, 5.41) is 11.9. The van der Waals surface area contributed by atoms with Crippen LogP contribution in [0.2, 0.25) is 0 Å². The fourth-order valence-electron chi connectivity index (χ4n) is 1.86. The van der Waals surface area contributed by atoms with E-state index in [-0.39, 0.29) is 30.3 Å². The van der Waals surface area contributed by atoms with Crippen LogP contribution >= 0.6 is 0 Å². The van der Waals surface area contributed by atoms with Gasteiger partial charge in [0, 0.05) is 17.6 Å². The molecule has 0 spiro atoms. The lowest BCUT2D eigenvalue weighted by atomic mass is 9.92. The first-order chi connectivity index (χ1) is 10.9. The molecule has 0 saturated heterocycles. The fraction of sp³-hybridized carbons (Fsp3) is 0.611. The minimum absolute atomic E-state index is 0.0967. The highest BCUT2D eigenvalue weighted by molar-refractivity contribution is 5.93. The Morgan fingerprint density at radius 3 is 2.33 bits per heavy atom. The smallest absolute Gasteiger partial charge is 0.311 e. The quantitative estimate of drug-likeness (QED) is 0.807. The van der Waals surface area contributed by atoms with Gasteiger partial charge in [-0.25, -0.2) is 4.98 Å². The zero-order valence-corrected chi connectivity index (χ0v) is 15.4. The van der Waals surface area contributed by atoms with Crippen molar-refractivity contribution < 1.29 is 19.4 Å². The third-order valence-electron chi connectivity index (χ3n) is 3.15. The third kappa shape index (κ3) is 6.66. The molecule has 0 saturated carbocycles. The van der Waals surface area contributed by atoms with Crippen LogP contribution in [0.4, 0.5) is 5.82 Å². The highest BCUT2D eigenvalue weighted by Crippen LogP contribution is 2.25. The molecule has 6 nitrogen and oxygen atoms in total. The first-order valence-electron chi connectivity index (χ1n) is 8.04. The molecule has 0 fully saturated rings. The van der Waals surface area contributed by atoms with Crippen molar-refractivity contribution >= 4 is 17.7 Å². The number of hydrogen-bond donors (Lipinski definition) is 2. The van der Waals surface area contributed by atoms with Gasteiger partial charge in [-0.15, -0.1) is 0 Å². The van der Waals surface area contributed by atoms with Gasteiger partial charge in [0.1, 0.15) is 5.82 Å². The van der Waals surface area contributed by atoms with E-state index in [0.717, 1.165) is 0 Å². The summed E-state index contributed by atoms with van der Waals surface area (Å²) in [4.78, 5) is 28.2. The van der Waals surface area contributed by atoms with Gasteiger partial charge in [0.25, 0.3) is 0 Å². The molecule has 2 N–H and O–H groups in total. The number of aliphatic hydroxyl groups is 1. The van der Waals surface area contributed by atoms with E-state index >= 15 is 0 Å². The van der Waals surface area contributed by atoms with Gasteiger partial charge in [-0.2, -0.15) is 0 Å². The number of carbonyl (C=O) groups excluding carboxylic acids is 2. The van der Waals surface area contributed by atoms with E-state index in [4.69, 9.17) is 4.74 Å². The Hall–Kier alpha value is -1.95. The van der Waals surface area contributed by atoms with Gasteiger partial charge in [0.15, 0.2) is 5.75 Å². The van der Waals surface area contributed by atoms with E-state index in [2.05, 4.69) is 10.3 Å². The molecule has 0 bridgehead atoms. The van der Waals surface area contributed by atoms with Crippen LogP contribution in [0.1, 0.15) is 53.5 Å². The van der Waals surface area contributed by atoms with Gasteiger partial charge in [-0.1, -0.05) is 41.5 Å². The summed E-state index contributed by atoms with van der Waals surface area (Å²) in [6.07, 6.45) is 1.98. The van der Waals surface area contributed by atoms with Gasteiger partial charge >= 0.3 is 5.97 Å². The molecule has 0 aromatic carbocycles. The Morgan fingerprint density at radius 1 is 1.21 bits per heavy atom. The van der Waals surface area contributed by atoms with Crippen molar-refractivity contribution in [2.24, 2.45) is 10.8 Å². The molecular weight excluding hydrogens is 308 g/mol. The molecule has 1 aromatic rings. The monoisotopic (exact) mass is 336 g/mol. The number of hydrogen-bond acceptors (Lipinski definition) is 5. The Bertz CT molecular complexity index is 598. The van der Waals surface area contributed by atoms with Crippen LogP contribution in [0.25, 0.3) is 0 Å². The molecule has 1 amide bonds. The predicted octanol–water partition coefficient (Wildman–Crippen LogP) is 2.94. The number of nitrogens with zero attached hydrogens (tertiary/aromatic N) is 1. The Labute approximate surface area is 143 Å². The first kappa shape index (κ1) is 20.1. The van der Waals surface area contributed by atoms with E-state index < -0.39 is 5.41 Å². The molecule has 1 aromatic heterocycles. The largest absolute Gasteiger partial charge is 0.425 e. The van der Waals surface area contributed by atoms with Crippen molar-refractivity contribution in [3.05, 3.63) is 17.8 Å². The predicted molar refractivity (Wildman–Crippen MR) is 92.8 cm³/mol. The number of nitrogens with one attached hydrogen (secondary N) is 1. The molecule has 0 atom stereocenters. The van der Waals surface area contributed by atoms with Crippen molar-refractivity contribution in [1.29, 1.82) is 0 Å². The number of rotatable bonds is 5. The second-order valence-corrected chi connectivity index (χ2v) is 8.07. The van der Waals surface area contributed by atoms with Crippen molar-refractivity contribution in [2.45, 2.75) is 54.4 Å². The topological polar surface area (TPSA) is 88.5 Å². The van der Waals surface area contributed by atoms with Crippen molar-refractivity contribution in [1.82, 2.24) is 4.98 Å². The Balaban J connectivity index is 2.95. The molecule has 0 radical (unpaired) electrons. The average Bonchev–Trinajstić information content (AvgIpc) is 2.38. The Morgan fingerprint density at radius 2 is 1.83 bits per heavy atom. The van der Waals surface area contributed by atoms with Gasteiger partial charge < -0.3 is 15.2 Å². The van der Waals surface area contributed by atoms with E-state index in [1.54, 1.807) is 26.8 Å².